The van der Waals surface area contributed by atoms with E-state index in [0.29, 0.717) is 17.4 Å². The molecule has 0 saturated heterocycles. The molecule has 6 heteroatoms. The molecule has 1 saturated carbocycles. The van der Waals surface area contributed by atoms with Crippen LogP contribution >= 0.6 is 0 Å². The summed E-state index contributed by atoms with van der Waals surface area (Å²) >= 11 is 0. The molecule has 0 aromatic heterocycles. The van der Waals surface area contributed by atoms with Crippen molar-refractivity contribution >= 4 is 23.2 Å². The number of nitrogens with one attached hydrogen (secondary N) is 3. The molecule has 0 bridgehead atoms. The van der Waals surface area contributed by atoms with E-state index in [1.807, 2.05) is 24.3 Å². The van der Waals surface area contributed by atoms with Crippen LogP contribution in [0.25, 0.3) is 0 Å². The van der Waals surface area contributed by atoms with Crippen molar-refractivity contribution in [2.45, 2.75) is 31.8 Å². The van der Waals surface area contributed by atoms with Gasteiger partial charge in [0.25, 0.3) is 5.91 Å². The molecule has 27 heavy (non-hydrogen) atoms. The van der Waals surface area contributed by atoms with Gasteiger partial charge in [-0.2, -0.15) is 0 Å². The number of benzene rings is 2. The van der Waals surface area contributed by atoms with Gasteiger partial charge in [-0.1, -0.05) is 6.07 Å². The first-order valence-electron chi connectivity index (χ1n) is 9.26. The molecule has 0 heterocycles. The van der Waals surface area contributed by atoms with E-state index in [-0.39, 0.29) is 18.4 Å². The highest BCUT2D eigenvalue weighted by Gasteiger charge is 2.16. The molecule has 0 radical (unpaired) electrons. The molecule has 0 unspecified atom stereocenters. The van der Waals surface area contributed by atoms with Crippen LogP contribution in [0.4, 0.5) is 11.4 Å². The topological polar surface area (TPSA) is 79.5 Å². The zero-order chi connectivity index (χ0) is 19.1. The standard InChI is InChI=1S/C21H25N3O3/c1-22-21(26)15-9-11-16(12-10-15)24-20(25)14-23-17-5-4-8-19(13-17)27-18-6-2-3-7-18/h4-5,8-13,18,23H,2-3,6-7,14H2,1H3,(H,22,26)(H,24,25). The summed E-state index contributed by atoms with van der Waals surface area (Å²) in [5.41, 5.74) is 2.04. The number of amides is 2. The first kappa shape index (κ1) is 18.8. The number of hydrogen-bond acceptors (Lipinski definition) is 4. The lowest BCUT2D eigenvalue weighted by Crippen LogP contribution is -2.22. The van der Waals surface area contributed by atoms with Crippen LogP contribution in [-0.2, 0) is 4.79 Å². The third-order valence-corrected chi connectivity index (χ3v) is 4.55. The maximum atomic E-state index is 12.1. The number of carbonyl (C=O) groups excluding carboxylic acids is 2. The van der Waals surface area contributed by atoms with E-state index in [4.69, 9.17) is 4.74 Å². The largest absolute Gasteiger partial charge is 0.490 e. The summed E-state index contributed by atoms with van der Waals surface area (Å²) in [6.45, 7) is 0.143. The van der Waals surface area contributed by atoms with Crippen LogP contribution in [0.5, 0.6) is 5.75 Å². The van der Waals surface area contributed by atoms with Gasteiger partial charge >= 0.3 is 0 Å². The predicted octanol–water partition coefficient (Wildman–Crippen LogP) is 3.42. The third kappa shape index (κ3) is 5.48. The average molecular weight is 367 g/mol. The van der Waals surface area contributed by atoms with Crippen molar-refractivity contribution in [1.82, 2.24) is 5.32 Å². The number of ether oxygens (including phenoxy) is 1. The van der Waals surface area contributed by atoms with Crippen LogP contribution in [-0.4, -0.2) is 31.5 Å². The van der Waals surface area contributed by atoms with Crippen molar-refractivity contribution in [3.05, 3.63) is 54.1 Å². The first-order valence-corrected chi connectivity index (χ1v) is 9.26. The Balaban J connectivity index is 1.49. The Bertz CT molecular complexity index is 784. The fourth-order valence-electron chi connectivity index (χ4n) is 3.11. The van der Waals surface area contributed by atoms with E-state index in [0.717, 1.165) is 24.3 Å². The fourth-order valence-corrected chi connectivity index (χ4v) is 3.11. The van der Waals surface area contributed by atoms with Gasteiger partial charge in [0, 0.05) is 30.1 Å². The Kier molecular flexibility index (Phi) is 6.30. The van der Waals surface area contributed by atoms with Crippen LogP contribution in [0.3, 0.4) is 0 Å². The summed E-state index contributed by atoms with van der Waals surface area (Å²) in [7, 11) is 1.58. The van der Waals surface area contributed by atoms with Crippen LogP contribution in [0.15, 0.2) is 48.5 Å². The summed E-state index contributed by atoms with van der Waals surface area (Å²) < 4.78 is 5.98. The van der Waals surface area contributed by atoms with E-state index >= 15 is 0 Å². The maximum absolute atomic E-state index is 12.1. The maximum Gasteiger partial charge on any atom is 0.251 e. The minimum absolute atomic E-state index is 0.143. The average Bonchev–Trinajstić information content (AvgIpc) is 3.20. The molecular formula is C21H25N3O3. The van der Waals surface area contributed by atoms with Gasteiger partial charge < -0.3 is 20.7 Å². The summed E-state index contributed by atoms with van der Waals surface area (Å²) in [5.74, 6) is 0.510. The predicted molar refractivity (Wildman–Crippen MR) is 106 cm³/mol. The van der Waals surface area contributed by atoms with E-state index in [1.165, 1.54) is 12.8 Å². The second kappa shape index (κ2) is 9.07. The van der Waals surface area contributed by atoms with Gasteiger partial charge in [-0.05, 0) is 62.1 Å². The summed E-state index contributed by atoms with van der Waals surface area (Å²) in [5, 5.41) is 8.48. The van der Waals surface area contributed by atoms with Gasteiger partial charge in [-0.3, -0.25) is 9.59 Å². The van der Waals surface area contributed by atoms with Crippen LogP contribution in [0.1, 0.15) is 36.0 Å². The lowest BCUT2D eigenvalue weighted by molar-refractivity contribution is -0.114. The second-order valence-electron chi connectivity index (χ2n) is 6.61. The lowest BCUT2D eigenvalue weighted by Gasteiger charge is -2.14. The summed E-state index contributed by atoms with van der Waals surface area (Å²) in [4.78, 5) is 23.7. The SMILES string of the molecule is CNC(=O)c1ccc(NC(=O)CNc2cccc(OC3CCCC3)c2)cc1. The first-order chi connectivity index (χ1) is 13.1. The zero-order valence-corrected chi connectivity index (χ0v) is 15.5. The molecule has 0 atom stereocenters. The van der Waals surface area contributed by atoms with Crippen molar-refractivity contribution in [3.63, 3.8) is 0 Å². The molecule has 2 aromatic carbocycles. The molecule has 1 fully saturated rings. The second-order valence-corrected chi connectivity index (χ2v) is 6.61. The molecule has 3 N–H and O–H groups in total. The van der Waals surface area contributed by atoms with E-state index in [1.54, 1.807) is 31.3 Å². The Labute approximate surface area is 159 Å². The Hall–Kier alpha value is -3.02. The molecule has 3 rings (SSSR count). The summed E-state index contributed by atoms with van der Waals surface area (Å²) in [6.07, 6.45) is 4.98. The van der Waals surface area contributed by atoms with Gasteiger partial charge in [0.05, 0.1) is 12.6 Å². The Morgan fingerprint density at radius 1 is 1.04 bits per heavy atom. The third-order valence-electron chi connectivity index (χ3n) is 4.55. The number of carbonyl (C=O) groups is 2. The Morgan fingerprint density at radius 2 is 1.78 bits per heavy atom. The van der Waals surface area contributed by atoms with Crippen molar-refractivity contribution in [2.24, 2.45) is 0 Å². The minimum atomic E-state index is -0.162. The highest BCUT2D eigenvalue weighted by Crippen LogP contribution is 2.25. The van der Waals surface area contributed by atoms with Crippen molar-refractivity contribution in [3.8, 4) is 5.75 Å². The van der Waals surface area contributed by atoms with E-state index in [9.17, 15) is 9.59 Å². The smallest absolute Gasteiger partial charge is 0.251 e. The van der Waals surface area contributed by atoms with Gasteiger partial charge in [-0.25, -0.2) is 0 Å². The van der Waals surface area contributed by atoms with Gasteiger partial charge in [0.2, 0.25) is 5.91 Å². The molecule has 2 aromatic rings. The lowest BCUT2D eigenvalue weighted by atomic mass is 10.2. The van der Waals surface area contributed by atoms with Crippen molar-refractivity contribution in [2.75, 3.05) is 24.2 Å². The highest BCUT2D eigenvalue weighted by molar-refractivity contribution is 5.96. The zero-order valence-electron chi connectivity index (χ0n) is 15.5. The molecule has 6 nitrogen and oxygen atoms in total. The van der Waals surface area contributed by atoms with E-state index in [2.05, 4.69) is 16.0 Å². The normalized spacial score (nSPS) is 13.8. The fraction of sp³-hybridized carbons (Fsp3) is 0.333. The van der Waals surface area contributed by atoms with Crippen LogP contribution < -0.4 is 20.7 Å². The molecule has 142 valence electrons. The highest BCUT2D eigenvalue weighted by atomic mass is 16.5. The molecule has 0 spiro atoms. The van der Waals surface area contributed by atoms with Gasteiger partial charge in [0.15, 0.2) is 0 Å². The Morgan fingerprint density at radius 3 is 2.48 bits per heavy atom. The van der Waals surface area contributed by atoms with E-state index < -0.39 is 0 Å². The number of anilines is 2. The molecule has 1 aliphatic carbocycles. The van der Waals surface area contributed by atoms with Crippen molar-refractivity contribution in [1.29, 1.82) is 0 Å². The number of hydrogen-bond donors (Lipinski definition) is 3. The van der Waals surface area contributed by atoms with Gasteiger partial charge in [0.1, 0.15) is 5.75 Å². The van der Waals surface area contributed by atoms with Crippen LogP contribution in [0, 0.1) is 0 Å². The van der Waals surface area contributed by atoms with Gasteiger partial charge in [-0.15, -0.1) is 0 Å². The quantitative estimate of drug-likeness (QED) is 0.701. The summed E-state index contributed by atoms with van der Waals surface area (Å²) in [6, 6.07) is 14.4. The minimum Gasteiger partial charge on any atom is -0.490 e. The molecule has 0 aliphatic heterocycles. The number of rotatable bonds is 7. The van der Waals surface area contributed by atoms with Crippen LogP contribution in [0.2, 0.25) is 0 Å². The molecular weight excluding hydrogens is 342 g/mol. The van der Waals surface area contributed by atoms with Crippen molar-refractivity contribution < 1.29 is 14.3 Å². The molecule has 1 aliphatic rings. The monoisotopic (exact) mass is 367 g/mol. The molecule has 2 amide bonds.